The van der Waals surface area contributed by atoms with Gasteiger partial charge in [-0.3, -0.25) is 0 Å². The molecule has 1 aromatic carbocycles. The van der Waals surface area contributed by atoms with E-state index in [1.165, 1.54) is 0 Å². The molecule has 0 saturated carbocycles. The molecule has 0 aliphatic carbocycles. The van der Waals surface area contributed by atoms with Gasteiger partial charge in [0.25, 0.3) is 0 Å². The summed E-state index contributed by atoms with van der Waals surface area (Å²) in [5, 5.41) is 0. The first kappa shape index (κ1) is 10.2. The highest BCUT2D eigenvalue weighted by Gasteiger charge is 2.01. The Kier molecular flexibility index (Phi) is 3.06. The molecule has 0 aliphatic rings. The quantitative estimate of drug-likeness (QED) is 0.790. The minimum absolute atomic E-state index is 0.367. The molecule has 0 aliphatic heterocycles. The molecule has 0 aromatic heterocycles. The molecule has 0 radical (unpaired) electrons. The zero-order chi connectivity index (χ0) is 9.90. The Morgan fingerprint density at radius 3 is 2.46 bits per heavy atom. The van der Waals surface area contributed by atoms with Crippen LogP contribution >= 0.6 is 0 Å². The normalized spacial score (nSPS) is 11.5. The third-order valence-electron chi connectivity index (χ3n) is 1.79. The van der Waals surface area contributed by atoms with E-state index in [1.807, 2.05) is 31.2 Å². The fourth-order valence-electron chi connectivity index (χ4n) is 1.02. The largest absolute Gasteiger partial charge is 0.213 e. The molecule has 72 valence electrons. The molecule has 0 atom stereocenters. The van der Waals surface area contributed by atoms with E-state index in [2.05, 4.69) is 4.72 Å². The molecule has 1 rings (SSSR count). The van der Waals surface area contributed by atoms with Crippen molar-refractivity contribution in [3.8, 4) is 0 Å². The lowest BCUT2D eigenvalue weighted by molar-refractivity contribution is 0.587. The van der Waals surface area contributed by atoms with Crippen LogP contribution in [0.4, 0.5) is 0 Å². The summed E-state index contributed by atoms with van der Waals surface area (Å²) in [5.41, 5.74) is 2.10. The minimum Gasteiger partial charge on any atom is -0.213 e. The molecule has 0 amide bonds. The van der Waals surface area contributed by atoms with Crippen molar-refractivity contribution in [1.29, 1.82) is 0 Å². The van der Waals surface area contributed by atoms with Crippen LogP contribution in [0, 0.1) is 6.92 Å². The van der Waals surface area contributed by atoms with E-state index in [4.69, 9.17) is 0 Å². The van der Waals surface area contributed by atoms with Gasteiger partial charge in [-0.25, -0.2) is 13.1 Å². The molecule has 1 N–H and O–H groups in total. The van der Waals surface area contributed by atoms with Gasteiger partial charge in [0.2, 0.25) is 10.0 Å². The molecular formula is C9H13NO2S. The topological polar surface area (TPSA) is 46.2 Å². The molecule has 0 unspecified atom stereocenters. The highest BCUT2D eigenvalue weighted by atomic mass is 32.2. The average molecular weight is 199 g/mol. The third kappa shape index (κ3) is 3.57. The summed E-state index contributed by atoms with van der Waals surface area (Å²) < 4.78 is 24.1. The first-order valence-corrected chi connectivity index (χ1v) is 5.87. The Morgan fingerprint density at radius 2 is 1.92 bits per heavy atom. The highest BCUT2D eigenvalue weighted by molar-refractivity contribution is 7.88. The lowest BCUT2D eigenvalue weighted by Crippen LogP contribution is -2.21. The Hall–Kier alpha value is -0.870. The number of nitrogens with one attached hydrogen (secondary N) is 1. The molecule has 0 heterocycles. The molecule has 0 fully saturated rings. The monoisotopic (exact) mass is 199 g/mol. The van der Waals surface area contributed by atoms with Gasteiger partial charge in [0, 0.05) is 6.54 Å². The van der Waals surface area contributed by atoms with Crippen molar-refractivity contribution in [2.75, 3.05) is 6.26 Å². The van der Waals surface area contributed by atoms with E-state index in [0.717, 1.165) is 17.4 Å². The Morgan fingerprint density at radius 1 is 1.31 bits per heavy atom. The predicted octanol–water partition coefficient (Wildman–Crippen LogP) is 1.04. The fourth-order valence-corrected chi connectivity index (χ4v) is 1.43. The molecule has 4 heteroatoms. The van der Waals surface area contributed by atoms with Crippen LogP contribution in [0.3, 0.4) is 0 Å². The van der Waals surface area contributed by atoms with E-state index in [0.29, 0.717) is 6.54 Å². The summed E-state index contributed by atoms with van der Waals surface area (Å²) in [7, 11) is -3.09. The SMILES string of the molecule is Cc1ccccc1CNS(C)(=O)=O. The van der Waals surface area contributed by atoms with E-state index >= 15 is 0 Å². The highest BCUT2D eigenvalue weighted by Crippen LogP contribution is 2.06. The minimum atomic E-state index is -3.09. The van der Waals surface area contributed by atoms with Crippen molar-refractivity contribution >= 4 is 10.0 Å². The second kappa shape index (κ2) is 3.89. The Balaban J connectivity index is 2.71. The van der Waals surface area contributed by atoms with Gasteiger partial charge in [-0.1, -0.05) is 24.3 Å². The van der Waals surface area contributed by atoms with Crippen LogP contribution in [0.25, 0.3) is 0 Å². The van der Waals surface area contributed by atoms with Crippen LogP contribution in [0.2, 0.25) is 0 Å². The predicted molar refractivity (Wildman–Crippen MR) is 52.9 cm³/mol. The summed E-state index contributed by atoms with van der Waals surface area (Å²) in [5.74, 6) is 0. The first-order chi connectivity index (χ1) is 5.99. The van der Waals surface area contributed by atoms with Crippen molar-refractivity contribution in [2.45, 2.75) is 13.5 Å². The van der Waals surface area contributed by atoms with E-state index in [-0.39, 0.29) is 0 Å². The van der Waals surface area contributed by atoms with Gasteiger partial charge in [-0.15, -0.1) is 0 Å². The van der Waals surface area contributed by atoms with Crippen LogP contribution in [-0.2, 0) is 16.6 Å². The van der Waals surface area contributed by atoms with Gasteiger partial charge >= 0.3 is 0 Å². The number of rotatable bonds is 3. The average Bonchev–Trinajstić information content (AvgIpc) is 2.01. The number of aryl methyl sites for hydroxylation is 1. The van der Waals surface area contributed by atoms with Gasteiger partial charge in [0.05, 0.1) is 6.26 Å². The molecular weight excluding hydrogens is 186 g/mol. The molecule has 0 bridgehead atoms. The number of hydrogen-bond donors (Lipinski definition) is 1. The van der Waals surface area contributed by atoms with Crippen LogP contribution in [0.15, 0.2) is 24.3 Å². The zero-order valence-corrected chi connectivity index (χ0v) is 8.56. The summed E-state index contributed by atoms with van der Waals surface area (Å²) in [4.78, 5) is 0. The van der Waals surface area contributed by atoms with Crippen LogP contribution in [0.5, 0.6) is 0 Å². The van der Waals surface area contributed by atoms with Gasteiger partial charge in [-0.2, -0.15) is 0 Å². The van der Waals surface area contributed by atoms with Gasteiger partial charge < -0.3 is 0 Å². The summed E-state index contributed by atoms with van der Waals surface area (Å²) in [6.07, 6.45) is 1.16. The van der Waals surface area contributed by atoms with Crippen molar-refractivity contribution in [2.24, 2.45) is 0 Å². The Bertz CT molecular complexity index is 384. The summed E-state index contributed by atoms with van der Waals surface area (Å²) >= 11 is 0. The van der Waals surface area contributed by atoms with Crippen molar-refractivity contribution in [1.82, 2.24) is 4.72 Å². The van der Waals surface area contributed by atoms with Crippen LogP contribution in [0.1, 0.15) is 11.1 Å². The Labute approximate surface area is 78.8 Å². The maximum absolute atomic E-state index is 10.8. The number of hydrogen-bond acceptors (Lipinski definition) is 2. The molecule has 3 nitrogen and oxygen atoms in total. The standard InChI is InChI=1S/C9H13NO2S/c1-8-5-3-4-6-9(8)7-10-13(2,11)12/h3-6,10H,7H2,1-2H3. The second-order valence-electron chi connectivity index (χ2n) is 3.02. The van der Waals surface area contributed by atoms with Crippen LogP contribution < -0.4 is 4.72 Å². The van der Waals surface area contributed by atoms with Crippen LogP contribution in [-0.4, -0.2) is 14.7 Å². The maximum atomic E-state index is 10.8. The van der Waals surface area contributed by atoms with Crippen molar-refractivity contribution in [3.05, 3.63) is 35.4 Å². The van der Waals surface area contributed by atoms with E-state index in [9.17, 15) is 8.42 Å². The summed E-state index contributed by atoms with van der Waals surface area (Å²) in [6, 6.07) is 7.69. The fraction of sp³-hybridized carbons (Fsp3) is 0.333. The lowest BCUT2D eigenvalue weighted by atomic mass is 10.1. The van der Waals surface area contributed by atoms with Gasteiger partial charge in [-0.05, 0) is 18.1 Å². The first-order valence-electron chi connectivity index (χ1n) is 3.98. The summed E-state index contributed by atoms with van der Waals surface area (Å²) in [6.45, 7) is 2.32. The molecule has 0 spiro atoms. The molecule has 0 saturated heterocycles. The van der Waals surface area contributed by atoms with Crippen molar-refractivity contribution < 1.29 is 8.42 Å². The van der Waals surface area contributed by atoms with Gasteiger partial charge in [0.15, 0.2) is 0 Å². The zero-order valence-electron chi connectivity index (χ0n) is 7.74. The maximum Gasteiger partial charge on any atom is 0.209 e. The smallest absolute Gasteiger partial charge is 0.209 e. The second-order valence-corrected chi connectivity index (χ2v) is 4.85. The van der Waals surface area contributed by atoms with E-state index in [1.54, 1.807) is 0 Å². The van der Waals surface area contributed by atoms with Gasteiger partial charge in [0.1, 0.15) is 0 Å². The third-order valence-corrected chi connectivity index (χ3v) is 2.45. The molecule has 13 heavy (non-hydrogen) atoms. The lowest BCUT2D eigenvalue weighted by Gasteiger charge is -2.05. The van der Waals surface area contributed by atoms with E-state index < -0.39 is 10.0 Å². The number of sulfonamides is 1. The molecule has 1 aromatic rings. The number of benzene rings is 1. The van der Waals surface area contributed by atoms with Crippen molar-refractivity contribution in [3.63, 3.8) is 0 Å².